The molecule has 1 amide bonds. The van der Waals surface area contributed by atoms with E-state index in [0.29, 0.717) is 16.3 Å². The zero-order chi connectivity index (χ0) is 16.5. The van der Waals surface area contributed by atoms with E-state index in [9.17, 15) is 4.79 Å². The average Bonchev–Trinajstić information content (AvgIpc) is 3.23. The van der Waals surface area contributed by atoms with E-state index >= 15 is 0 Å². The summed E-state index contributed by atoms with van der Waals surface area (Å²) < 4.78 is 1.73. The number of fused-ring (bicyclic) bond motifs is 1. The van der Waals surface area contributed by atoms with Crippen LogP contribution in [0.15, 0.2) is 48.5 Å². The van der Waals surface area contributed by atoms with Crippen molar-refractivity contribution in [2.75, 3.05) is 5.32 Å². The molecule has 1 N–H and O–H groups in total. The molecule has 4 aromatic heterocycles. The lowest BCUT2D eigenvalue weighted by Gasteiger charge is -2.07. The van der Waals surface area contributed by atoms with Crippen molar-refractivity contribution in [3.8, 4) is 11.1 Å². The predicted molar refractivity (Wildman–Crippen MR) is 91.0 cm³/mol. The molecule has 0 spiro atoms. The van der Waals surface area contributed by atoms with Gasteiger partial charge in [-0.2, -0.15) is 0 Å². The van der Waals surface area contributed by atoms with Crippen molar-refractivity contribution in [2.24, 2.45) is 0 Å². The number of thiazole rings is 1. The Labute approximate surface area is 141 Å². The number of hydrogen-bond acceptors (Lipinski definition) is 6. The van der Waals surface area contributed by atoms with Crippen LogP contribution in [-0.4, -0.2) is 30.5 Å². The molecule has 0 aliphatic heterocycles. The highest BCUT2D eigenvalue weighted by molar-refractivity contribution is 7.13. The highest BCUT2D eigenvalue weighted by Crippen LogP contribution is 2.23. The normalized spacial score (nSPS) is 10.9. The number of carbonyl (C=O) groups is 1. The van der Waals surface area contributed by atoms with Crippen LogP contribution in [0.3, 0.4) is 0 Å². The minimum absolute atomic E-state index is 0.270. The third-order valence-corrected chi connectivity index (χ3v) is 4.35. The largest absolute Gasteiger partial charge is 0.298 e. The van der Waals surface area contributed by atoms with Gasteiger partial charge in [-0.15, -0.1) is 21.5 Å². The van der Waals surface area contributed by atoms with Crippen LogP contribution < -0.4 is 5.32 Å². The predicted octanol–water partition coefficient (Wildman–Crippen LogP) is 2.81. The smallest absolute Gasteiger partial charge is 0.261 e. The molecule has 118 valence electrons. The monoisotopic (exact) mass is 336 g/mol. The third kappa shape index (κ3) is 2.63. The molecule has 0 saturated heterocycles. The van der Waals surface area contributed by atoms with Gasteiger partial charge in [0.05, 0.1) is 11.3 Å². The van der Waals surface area contributed by atoms with E-state index in [0.717, 1.165) is 16.8 Å². The van der Waals surface area contributed by atoms with Crippen LogP contribution in [0.1, 0.15) is 16.1 Å². The zero-order valence-corrected chi connectivity index (χ0v) is 13.5. The summed E-state index contributed by atoms with van der Waals surface area (Å²) in [4.78, 5) is 21.1. The van der Waals surface area contributed by atoms with E-state index < -0.39 is 0 Å². The summed E-state index contributed by atoms with van der Waals surface area (Å²) in [5.74, 6) is -0.270. The third-order valence-electron chi connectivity index (χ3n) is 3.47. The molecule has 0 aromatic carbocycles. The van der Waals surface area contributed by atoms with E-state index in [4.69, 9.17) is 0 Å². The summed E-state index contributed by atoms with van der Waals surface area (Å²) >= 11 is 1.38. The summed E-state index contributed by atoms with van der Waals surface area (Å²) in [6.07, 6.45) is 6.90. The van der Waals surface area contributed by atoms with Crippen LogP contribution in [-0.2, 0) is 0 Å². The van der Waals surface area contributed by atoms with Crippen LogP contribution >= 0.6 is 11.3 Å². The Kier molecular flexibility index (Phi) is 3.51. The second-order valence-electron chi connectivity index (χ2n) is 5.19. The van der Waals surface area contributed by atoms with Gasteiger partial charge in [-0.05, 0) is 19.1 Å². The van der Waals surface area contributed by atoms with Crippen molar-refractivity contribution < 1.29 is 4.79 Å². The minimum atomic E-state index is -0.270. The molecule has 7 nitrogen and oxygen atoms in total. The van der Waals surface area contributed by atoms with Crippen molar-refractivity contribution in [3.63, 3.8) is 0 Å². The summed E-state index contributed by atoms with van der Waals surface area (Å²) in [7, 11) is 0. The summed E-state index contributed by atoms with van der Waals surface area (Å²) in [6, 6.07) is 5.57. The number of pyridine rings is 2. The van der Waals surface area contributed by atoms with Gasteiger partial charge in [-0.25, -0.2) is 4.98 Å². The molecule has 0 aliphatic carbocycles. The van der Waals surface area contributed by atoms with Gasteiger partial charge in [0.1, 0.15) is 6.33 Å². The van der Waals surface area contributed by atoms with Gasteiger partial charge in [-0.3, -0.25) is 19.5 Å². The highest BCUT2D eigenvalue weighted by atomic mass is 32.1. The van der Waals surface area contributed by atoms with Crippen molar-refractivity contribution in [2.45, 2.75) is 6.92 Å². The summed E-state index contributed by atoms with van der Waals surface area (Å²) in [5, 5.41) is 13.2. The number of rotatable bonds is 3. The van der Waals surface area contributed by atoms with Crippen LogP contribution in [0, 0.1) is 6.92 Å². The first-order valence-electron chi connectivity index (χ1n) is 7.18. The SMILES string of the molecule is Cc1csc(NC(=O)c2cc(-c3cccnc3)cn3cnnc23)n1. The second-order valence-corrected chi connectivity index (χ2v) is 6.05. The number of amides is 1. The molecule has 0 saturated carbocycles. The van der Waals surface area contributed by atoms with Gasteiger partial charge >= 0.3 is 0 Å². The van der Waals surface area contributed by atoms with E-state index in [1.165, 1.54) is 11.3 Å². The first-order valence-corrected chi connectivity index (χ1v) is 8.06. The fourth-order valence-electron chi connectivity index (χ4n) is 2.37. The molecule has 0 fully saturated rings. The molecule has 4 heterocycles. The molecular formula is C16H12N6OS. The van der Waals surface area contributed by atoms with Crippen LogP contribution in [0.5, 0.6) is 0 Å². The molecule has 0 radical (unpaired) electrons. The Bertz CT molecular complexity index is 1020. The number of aryl methyl sites for hydroxylation is 1. The fraction of sp³-hybridized carbons (Fsp3) is 0.0625. The topological polar surface area (TPSA) is 85.1 Å². The quantitative estimate of drug-likeness (QED) is 0.622. The van der Waals surface area contributed by atoms with Crippen molar-refractivity contribution in [1.82, 2.24) is 24.6 Å². The van der Waals surface area contributed by atoms with Crippen molar-refractivity contribution >= 4 is 28.0 Å². The first-order chi connectivity index (χ1) is 11.7. The van der Waals surface area contributed by atoms with Gasteiger partial charge in [-0.1, -0.05) is 6.07 Å². The molecular weight excluding hydrogens is 324 g/mol. The molecule has 0 unspecified atom stereocenters. The average molecular weight is 336 g/mol. The number of aromatic nitrogens is 5. The standard InChI is InChI=1S/C16H12N6OS/c1-10-8-24-16(19-10)20-15(23)13-5-12(11-3-2-4-17-6-11)7-22-9-18-21-14(13)22/h2-9H,1H3,(H,19,20,23). The summed E-state index contributed by atoms with van der Waals surface area (Å²) in [5.41, 5.74) is 3.56. The van der Waals surface area contributed by atoms with Crippen molar-refractivity contribution in [3.05, 3.63) is 59.8 Å². The maximum absolute atomic E-state index is 12.7. The Hall–Kier alpha value is -3.13. The van der Waals surface area contributed by atoms with Crippen LogP contribution in [0.25, 0.3) is 16.8 Å². The van der Waals surface area contributed by atoms with Gasteiger partial charge in [0.25, 0.3) is 5.91 Å². The second kappa shape index (κ2) is 5.82. The summed E-state index contributed by atoms with van der Waals surface area (Å²) in [6.45, 7) is 1.88. The van der Waals surface area contributed by atoms with Crippen LogP contribution in [0.2, 0.25) is 0 Å². The van der Waals surface area contributed by atoms with Gasteiger partial charge < -0.3 is 0 Å². The number of nitrogens with zero attached hydrogens (tertiary/aromatic N) is 5. The number of carbonyl (C=O) groups excluding carboxylic acids is 1. The molecule has 0 atom stereocenters. The van der Waals surface area contributed by atoms with Gasteiger partial charge in [0.2, 0.25) is 0 Å². The number of hydrogen-bond donors (Lipinski definition) is 1. The van der Waals surface area contributed by atoms with Crippen molar-refractivity contribution in [1.29, 1.82) is 0 Å². The Morgan fingerprint density at radius 2 is 2.25 bits per heavy atom. The molecule has 4 aromatic rings. The van der Waals surface area contributed by atoms with E-state index in [-0.39, 0.29) is 5.91 Å². The molecule has 8 heteroatoms. The Balaban J connectivity index is 1.78. The lowest BCUT2D eigenvalue weighted by atomic mass is 10.1. The molecule has 0 bridgehead atoms. The number of anilines is 1. The zero-order valence-electron chi connectivity index (χ0n) is 12.7. The lowest BCUT2D eigenvalue weighted by Crippen LogP contribution is -2.13. The Morgan fingerprint density at radius 1 is 1.33 bits per heavy atom. The van der Waals surface area contributed by atoms with E-state index in [1.54, 1.807) is 29.2 Å². The molecule has 4 rings (SSSR count). The minimum Gasteiger partial charge on any atom is -0.298 e. The molecule has 0 aliphatic rings. The van der Waals surface area contributed by atoms with Gasteiger partial charge in [0.15, 0.2) is 10.8 Å². The molecule has 24 heavy (non-hydrogen) atoms. The van der Waals surface area contributed by atoms with E-state index in [1.807, 2.05) is 30.6 Å². The maximum atomic E-state index is 12.7. The van der Waals surface area contributed by atoms with Crippen LogP contribution in [0.4, 0.5) is 5.13 Å². The maximum Gasteiger partial charge on any atom is 0.261 e. The lowest BCUT2D eigenvalue weighted by molar-refractivity contribution is 0.102. The van der Waals surface area contributed by atoms with Gasteiger partial charge in [0, 0.05) is 35.1 Å². The van der Waals surface area contributed by atoms with E-state index in [2.05, 4.69) is 25.5 Å². The highest BCUT2D eigenvalue weighted by Gasteiger charge is 2.16. The fourth-order valence-corrected chi connectivity index (χ4v) is 3.05. The Morgan fingerprint density at radius 3 is 3.00 bits per heavy atom. The number of nitrogens with one attached hydrogen (secondary N) is 1. The first kappa shape index (κ1) is 14.5.